The zero-order valence-corrected chi connectivity index (χ0v) is 38.9. The van der Waals surface area contributed by atoms with Crippen molar-refractivity contribution in [3.8, 4) is 17.6 Å². The topological polar surface area (TPSA) is 178 Å². The first-order chi connectivity index (χ1) is 31.9. The van der Waals surface area contributed by atoms with Crippen LogP contribution < -0.4 is 14.8 Å². The number of imide groups is 2. The van der Waals surface area contributed by atoms with E-state index in [0.717, 1.165) is 21.6 Å². The highest BCUT2D eigenvalue weighted by molar-refractivity contribution is 7.44. The molecule has 0 aliphatic carbocycles. The van der Waals surface area contributed by atoms with Crippen LogP contribution in [0.2, 0.25) is 0 Å². The first-order valence-corrected chi connectivity index (χ1v) is 23.1. The van der Waals surface area contributed by atoms with E-state index in [-0.39, 0.29) is 57.8 Å². The highest BCUT2D eigenvalue weighted by Crippen LogP contribution is 2.51. The summed E-state index contributed by atoms with van der Waals surface area (Å²) >= 11 is 0. The molecule has 4 aromatic carbocycles. The summed E-state index contributed by atoms with van der Waals surface area (Å²) in [5.74, 6) is -0.0279. The van der Waals surface area contributed by atoms with Crippen molar-refractivity contribution >= 4 is 32.3 Å². The average Bonchev–Trinajstić information content (AvgIpc) is 3.78. The van der Waals surface area contributed by atoms with Gasteiger partial charge in [-0.2, -0.15) is 5.26 Å². The van der Waals surface area contributed by atoms with Crippen LogP contribution >= 0.6 is 8.53 Å². The van der Waals surface area contributed by atoms with Crippen molar-refractivity contribution in [2.24, 2.45) is 0 Å². The smallest absolute Gasteiger partial charge is 0.326 e. The molecule has 2 saturated heterocycles. The zero-order valence-electron chi connectivity index (χ0n) is 38.0. The van der Waals surface area contributed by atoms with Crippen LogP contribution in [0.3, 0.4) is 0 Å². The summed E-state index contributed by atoms with van der Waals surface area (Å²) in [6, 6.07) is 32.9. The molecule has 3 aliphatic heterocycles. The summed E-state index contributed by atoms with van der Waals surface area (Å²) in [5.41, 5.74) is 1.65. The SMILES string of the molecule is COc1ccc(C(OC[C@H]2O[C@@H](N3CCC(=O)NC3=O)[C@H](OCCN3C(=O)c4ccccc4C3=O)[C@@H]2OP(OCCC#N)N(C(C)C)C(C)C)(c2ccccc2)c2ccc(OC)cc2)cc1. The normalized spacial score (nSPS) is 20.2. The van der Waals surface area contributed by atoms with E-state index in [0.29, 0.717) is 22.6 Å². The summed E-state index contributed by atoms with van der Waals surface area (Å²) in [7, 11) is 1.26. The van der Waals surface area contributed by atoms with Gasteiger partial charge in [-0.05, 0) is 80.8 Å². The molecule has 348 valence electrons. The minimum absolute atomic E-state index is 0.00453. The molecule has 4 aromatic rings. The summed E-state index contributed by atoms with van der Waals surface area (Å²) in [4.78, 5) is 55.6. The van der Waals surface area contributed by atoms with E-state index in [1.807, 2.05) is 107 Å². The van der Waals surface area contributed by atoms with Crippen molar-refractivity contribution in [3.05, 3.63) is 131 Å². The second-order valence-corrected chi connectivity index (χ2v) is 17.8. The molecule has 0 radical (unpaired) electrons. The number of methoxy groups -OCH3 is 2. The lowest BCUT2D eigenvalue weighted by molar-refractivity contribution is -0.130. The highest BCUT2D eigenvalue weighted by Gasteiger charge is 2.54. The minimum atomic E-state index is -1.94. The largest absolute Gasteiger partial charge is 0.497 e. The van der Waals surface area contributed by atoms with Crippen molar-refractivity contribution in [3.63, 3.8) is 0 Å². The molecule has 0 bridgehead atoms. The van der Waals surface area contributed by atoms with Crippen LogP contribution in [0, 0.1) is 11.3 Å². The number of amides is 5. The van der Waals surface area contributed by atoms with Gasteiger partial charge in [0, 0.05) is 25.0 Å². The number of nitriles is 1. The Kier molecular flexibility index (Phi) is 15.8. The van der Waals surface area contributed by atoms with Gasteiger partial charge in [0.25, 0.3) is 20.3 Å². The Morgan fingerprint density at radius 2 is 1.35 bits per heavy atom. The molecule has 0 aromatic heterocycles. The molecule has 17 heteroatoms. The first kappa shape index (κ1) is 48.2. The lowest BCUT2D eigenvalue weighted by Crippen LogP contribution is -2.57. The number of urea groups is 1. The van der Waals surface area contributed by atoms with Crippen molar-refractivity contribution in [2.75, 3.05) is 47.1 Å². The Hall–Kier alpha value is -5.76. The molecule has 3 heterocycles. The lowest BCUT2D eigenvalue weighted by Gasteiger charge is -2.39. The second-order valence-electron chi connectivity index (χ2n) is 16.4. The molecule has 0 saturated carbocycles. The molecule has 16 nitrogen and oxygen atoms in total. The molecule has 2 fully saturated rings. The van der Waals surface area contributed by atoms with Gasteiger partial charge in [-0.1, -0.05) is 66.7 Å². The number of ether oxygens (including phenoxy) is 5. The van der Waals surface area contributed by atoms with Crippen molar-refractivity contribution < 1.29 is 51.9 Å². The third-order valence-corrected chi connectivity index (χ3v) is 13.8. The van der Waals surface area contributed by atoms with Crippen molar-refractivity contribution in [2.45, 2.75) is 82.8 Å². The average molecular weight is 922 g/mol. The van der Waals surface area contributed by atoms with Gasteiger partial charge in [0.05, 0.1) is 64.2 Å². The minimum Gasteiger partial charge on any atom is -0.497 e. The molecule has 1 unspecified atom stereocenters. The number of benzene rings is 4. The Morgan fingerprint density at radius 3 is 1.88 bits per heavy atom. The van der Waals surface area contributed by atoms with Crippen LogP contribution in [0.15, 0.2) is 103 Å². The molecular formula is C49H56N5O11P. The van der Waals surface area contributed by atoms with Crippen LogP contribution in [0.1, 0.15) is 77.9 Å². The number of carbonyl (C=O) groups excluding carboxylic acids is 4. The Morgan fingerprint density at radius 1 is 0.788 bits per heavy atom. The van der Waals surface area contributed by atoms with Crippen LogP contribution in [-0.2, 0) is 33.7 Å². The van der Waals surface area contributed by atoms with Gasteiger partial charge >= 0.3 is 6.03 Å². The monoisotopic (exact) mass is 921 g/mol. The van der Waals surface area contributed by atoms with Crippen LogP contribution in [-0.4, -0.2) is 122 Å². The van der Waals surface area contributed by atoms with E-state index < -0.39 is 62.4 Å². The molecule has 5 amide bonds. The quantitative estimate of drug-likeness (QED) is 0.0391. The fraction of sp³-hybridized carbons (Fsp3) is 0.408. The van der Waals surface area contributed by atoms with Gasteiger partial charge in [0.1, 0.15) is 35.4 Å². The maximum atomic E-state index is 13.7. The van der Waals surface area contributed by atoms with Gasteiger partial charge in [0.15, 0.2) is 6.23 Å². The van der Waals surface area contributed by atoms with Gasteiger partial charge in [-0.15, -0.1) is 0 Å². The summed E-state index contributed by atoms with van der Waals surface area (Å²) in [6.45, 7) is 7.74. The molecule has 0 spiro atoms. The Balaban J connectivity index is 1.32. The predicted molar refractivity (Wildman–Crippen MR) is 243 cm³/mol. The summed E-state index contributed by atoms with van der Waals surface area (Å²) < 4.78 is 47.7. The molecule has 7 rings (SSSR count). The molecule has 66 heavy (non-hydrogen) atoms. The standard InChI is InChI=1S/C49H56N5O11P/c1-32(2)54(33(3)4)66(63-29-12-26-50)65-43-41(31-62-49(34-13-8-7-9-14-34,35-17-21-37(59-5)22-18-35)36-19-23-38(60-6)24-20-36)64-47(53-27-25-42(55)51-48(53)58)44(43)61-30-28-52-45(56)39-15-10-11-16-40(39)46(52)57/h7-11,13-24,32-33,41,43-44,47H,12,25,27-31H2,1-6H3,(H,51,55,58)/t41-,43-,44-,47-,66?/m1/s1. The van der Waals surface area contributed by atoms with Crippen LogP contribution in [0.5, 0.6) is 11.5 Å². The van der Waals surface area contributed by atoms with E-state index in [9.17, 15) is 24.4 Å². The Labute approximate surface area is 386 Å². The summed E-state index contributed by atoms with van der Waals surface area (Å²) in [6.07, 6.45) is -4.12. The number of hydrogen-bond donors (Lipinski definition) is 1. The number of carbonyl (C=O) groups is 4. The van der Waals surface area contributed by atoms with Crippen LogP contribution in [0.25, 0.3) is 0 Å². The van der Waals surface area contributed by atoms with Gasteiger partial charge < -0.3 is 32.7 Å². The fourth-order valence-corrected chi connectivity index (χ4v) is 10.4. The summed E-state index contributed by atoms with van der Waals surface area (Å²) in [5, 5.41) is 11.9. The van der Waals surface area contributed by atoms with Gasteiger partial charge in [-0.3, -0.25) is 29.5 Å². The highest BCUT2D eigenvalue weighted by atomic mass is 31.2. The predicted octanol–water partition coefficient (Wildman–Crippen LogP) is 7.02. The molecule has 3 aliphatic rings. The number of fused-ring (bicyclic) bond motifs is 1. The van der Waals surface area contributed by atoms with E-state index >= 15 is 0 Å². The van der Waals surface area contributed by atoms with Gasteiger partial charge in [0.2, 0.25) is 5.91 Å². The third-order valence-electron chi connectivity index (χ3n) is 11.7. The number of nitrogens with one attached hydrogen (secondary N) is 1. The number of hydrogen-bond acceptors (Lipinski definition) is 13. The Bertz CT molecular complexity index is 2270. The zero-order chi connectivity index (χ0) is 47.0. The van der Waals surface area contributed by atoms with E-state index in [1.165, 1.54) is 4.90 Å². The lowest BCUT2D eigenvalue weighted by atomic mass is 9.80. The van der Waals surface area contributed by atoms with Crippen molar-refractivity contribution in [1.29, 1.82) is 5.26 Å². The second kappa shape index (κ2) is 21.7. The van der Waals surface area contributed by atoms with E-state index in [2.05, 4.69) is 16.1 Å². The maximum Gasteiger partial charge on any atom is 0.326 e. The van der Waals surface area contributed by atoms with Crippen molar-refractivity contribution in [1.82, 2.24) is 19.8 Å². The van der Waals surface area contributed by atoms with Crippen LogP contribution in [0.4, 0.5) is 4.79 Å². The van der Waals surface area contributed by atoms with Gasteiger partial charge in [-0.25, -0.2) is 9.46 Å². The third kappa shape index (κ3) is 10.1. The fourth-order valence-electron chi connectivity index (χ4n) is 8.62. The molecule has 1 N–H and O–H groups in total. The molecular weight excluding hydrogens is 866 g/mol. The van der Waals surface area contributed by atoms with E-state index in [1.54, 1.807) is 38.5 Å². The first-order valence-electron chi connectivity index (χ1n) is 22.0. The number of rotatable bonds is 21. The maximum absolute atomic E-state index is 13.7. The molecule has 5 atom stereocenters. The van der Waals surface area contributed by atoms with E-state index in [4.69, 9.17) is 32.7 Å². The number of nitrogens with zero attached hydrogens (tertiary/aromatic N) is 4.